The molecule has 9 heteroatoms. The lowest BCUT2D eigenvalue weighted by Gasteiger charge is -2.17. The number of Topliss-reactive ketones (excluding diaryl/α,β-unsaturated/α-hetero) is 1. The Hall–Kier alpha value is -2.45. The molecule has 1 rings (SSSR count). The van der Waals surface area contributed by atoms with Crippen molar-refractivity contribution in [2.45, 2.75) is 64.5 Å². The van der Waals surface area contributed by atoms with Gasteiger partial charge in [-0.25, -0.2) is 0 Å². The van der Waals surface area contributed by atoms with E-state index in [0.717, 1.165) is 5.56 Å². The van der Waals surface area contributed by atoms with Gasteiger partial charge in [0.15, 0.2) is 5.78 Å². The number of carbonyl (C=O) groups excluding carboxylic acids is 4. The van der Waals surface area contributed by atoms with Crippen molar-refractivity contribution in [3.63, 3.8) is 0 Å². The second kappa shape index (κ2) is 13.8. The number of amides is 2. The smallest absolute Gasteiger partial charge is 0.305 e. The molecule has 0 radical (unpaired) electrons. The summed E-state index contributed by atoms with van der Waals surface area (Å²) in [7, 11) is 1.31. The van der Waals surface area contributed by atoms with E-state index in [1.165, 1.54) is 7.11 Å². The molecule has 0 spiro atoms. The first-order valence-corrected chi connectivity index (χ1v) is 10.7. The zero-order valence-corrected chi connectivity index (χ0v) is 19.0. The number of nitrogens with one attached hydrogen (secondary N) is 2. The number of benzene rings is 1. The number of hydrogen-bond donors (Lipinski definition) is 3. The quantitative estimate of drug-likeness (QED) is 0.239. The Morgan fingerprint density at radius 2 is 1.71 bits per heavy atom. The largest absolute Gasteiger partial charge is 0.469 e. The molecule has 0 saturated heterocycles. The number of esters is 1. The lowest BCUT2D eigenvalue weighted by molar-refractivity contribution is -0.140. The molecule has 0 bridgehead atoms. The first-order chi connectivity index (χ1) is 14.7. The molecule has 3 N–H and O–H groups in total. The van der Waals surface area contributed by atoms with Crippen molar-refractivity contribution in [3.05, 3.63) is 29.3 Å². The summed E-state index contributed by atoms with van der Waals surface area (Å²) in [6.45, 7) is 3.03. The highest BCUT2D eigenvalue weighted by molar-refractivity contribution is 6.17. The van der Waals surface area contributed by atoms with E-state index in [-0.39, 0.29) is 55.3 Å². The minimum Gasteiger partial charge on any atom is -0.469 e. The average molecular weight is 455 g/mol. The first kappa shape index (κ1) is 26.6. The summed E-state index contributed by atoms with van der Waals surface area (Å²) in [4.78, 5) is 47.9. The topological polar surface area (TPSA) is 122 Å². The van der Waals surface area contributed by atoms with Gasteiger partial charge in [-0.05, 0) is 43.0 Å². The van der Waals surface area contributed by atoms with Crippen molar-refractivity contribution >= 4 is 40.9 Å². The van der Waals surface area contributed by atoms with Gasteiger partial charge in [-0.15, -0.1) is 11.6 Å². The van der Waals surface area contributed by atoms with Gasteiger partial charge in [-0.2, -0.15) is 0 Å². The number of hydrogen-bond acceptors (Lipinski definition) is 6. The van der Waals surface area contributed by atoms with Gasteiger partial charge < -0.3 is 20.5 Å². The summed E-state index contributed by atoms with van der Waals surface area (Å²) in [6, 6.07) is 4.38. The summed E-state index contributed by atoms with van der Waals surface area (Å²) < 4.78 is 4.54. The van der Waals surface area contributed by atoms with Crippen molar-refractivity contribution in [2.75, 3.05) is 12.4 Å². The van der Waals surface area contributed by atoms with Crippen LogP contribution in [0.5, 0.6) is 0 Å². The third-order valence-corrected chi connectivity index (χ3v) is 5.04. The number of methoxy groups -OCH3 is 1. The Balaban J connectivity index is 2.48. The summed E-state index contributed by atoms with van der Waals surface area (Å²) in [5.41, 5.74) is 1.88. The molecule has 2 amide bonds. The van der Waals surface area contributed by atoms with Crippen molar-refractivity contribution < 1.29 is 29.0 Å². The fourth-order valence-electron chi connectivity index (χ4n) is 2.89. The predicted octanol–water partition coefficient (Wildman–Crippen LogP) is 2.69. The van der Waals surface area contributed by atoms with Crippen LogP contribution in [-0.2, 0) is 36.4 Å². The van der Waals surface area contributed by atoms with Crippen LogP contribution < -0.4 is 10.6 Å². The molecule has 8 nitrogen and oxygen atoms in total. The Bertz CT molecular complexity index is 761. The minimum atomic E-state index is -0.719. The highest BCUT2D eigenvalue weighted by Gasteiger charge is 2.22. The maximum absolute atomic E-state index is 12.5. The third kappa shape index (κ3) is 9.93. The van der Waals surface area contributed by atoms with Gasteiger partial charge in [-0.3, -0.25) is 19.2 Å². The summed E-state index contributed by atoms with van der Waals surface area (Å²) in [5, 5.41) is 14.7. The molecule has 0 aliphatic heterocycles. The van der Waals surface area contributed by atoms with Gasteiger partial charge in [0.2, 0.25) is 11.8 Å². The third-order valence-electron chi connectivity index (χ3n) is 4.73. The van der Waals surface area contributed by atoms with Gasteiger partial charge >= 0.3 is 5.97 Å². The van der Waals surface area contributed by atoms with Gasteiger partial charge in [0.05, 0.1) is 19.8 Å². The number of aliphatic hydroxyl groups is 1. The Labute approximate surface area is 187 Å². The molecule has 172 valence electrons. The number of ether oxygens (including phenoxy) is 1. The Morgan fingerprint density at radius 1 is 1.06 bits per heavy atom. The second-order valence-corrected chi connectivity index (χ2v) is 7.73. The molecule has 2 atom stereocenters. The number of carbonyl (C=O) groups is 4. The molecule has 0 saturated carbocycles. The van der Waals surface area contributed by atoms with E-state index in [4.69, 9.17) is 11.6 Å². The van der Waals surface area contributed by atoms with Gasteiger partial charge in [0.25, 0.3) is 0 Å². The number of anilines is 1. The van der Waals surface area contributed by atoms with E-state index in [1.54, 1.807) is 32.0 Å². The maximum atomic E-state index is 12.5. The fourth-order valence-corrected chi connectivity index (χ4v) is 3.05. The number of unbranched alkanes of at least 4 members (excludes halogenated alkanes) is 1. The lowest BCUT2D eigenvalue weighted by atomic mass is 9.99. The van der Waals surface area contributed by atoms with Crippen molar-refractivity contribution in [1.82, 2.24) is 5.32 Å². The monoisotopic (exact) mass is 454 g/mol. The molecule has 0 aromatic heterocycles. The van der Waals surface area contributed by atoms with Crippen LogP contribution in [0.1, 0.15) is 57.1 Å². The molecule has 1 aromatic rings. The number of rotatable bonds is 13. The number of halogens is 1. The van der Waals surface area contributed by atoms with E-state index >= 15 is 0 Å². The molecular weight excluding hydrogens is 424 g/mol. The van der Waals surface area contributed by atoms with Crippen LogP contribution in [0.4, 0.5) is 5.69 Å². The predicted molar refractivity (Wildman–Crippen MR) is 117 cm³/mol. The summed E-state index contributed by atoms with van der Waals surface area (Å²) in [6.07, 6.45) is 1.46. The molecule has 0 aliphatic rings. The van der Waals surface area contributed by atoms with Crippen LogP contribution in [0.2, 0.25) is 0 Å². The molecule has 0 heterocycles. The molecule has 1 aromatic carbocycles. The average Bonchev–Trinajstić information content (AvgIpc) is 2.75. The Morgan fingerprint density at radius 3 is 2.32 bits per heavy atom. The van der Waals surface area contributed by atoms with Crippen LogP contribution in [0, 0.1) is 5.92 Å². The summed E-state index contributed by atoms with van der Waals surface area (Å²) >= 11 is 5.84. The van der Waals surface area contributed by atoms with E-state index in [9.17, 15) is 24.3 Å². The van der Waals surface area contributed by atoms with Crippen molar-refractivity contribution in [1.29, 1.82) is 0 Å². The molecule has 0 fully saturated rings. The van der Waals surface area contributed by atoms with Crippen LogP contribution in [-0.4, -0.2) is 41.8 Å². The zero-order chi connectivity index (χ0) is 23.4. The first-order valence-electron chi connectivity index (χ1n) is 10.2. The SMILES string of the molecule is COC(=O)CCCCC(=O)NC(C)C(=O)CC(C)C(=O)Nc1cc(CO)cc(CCl)c1. The normalized spacial score (nSPS) is 12.5. The van der Waals surface area contributed by atoms with Crippen molar-refractivity contribution in [3.8, 4) is 0 Å². The van der Waals surface area contributed by atoms with E-state index in [1.807, 2.05) is 0 Å². The second-order valence-electron chi connectivity index (χ2n) is 7.46. The minimum absolute atomic E-state index is 0.0301. The zero-order valence-electron chi connectivity index (χ0n) is 18.2. The van der Waals surface area contributed by atoms with Crippen LogP contribution >= 0.6 is 11.6 Å². The number of alkyl halides is 1. The standard InChI is InChI=1S/C22H31ClN2O6/c1-14(22(30)25-18-10-16(12-23)9-17(11-18)13-26)8-19(27)15(2)24-20(28)6-4-5-7-21(29)31-3/h9-11,14-15,26H,4-8,12-13H2,1-3H3,(H,24,28)(H,25,30). The molecular formula is C22H31ClN2O6. The highest BCUT2D eigenvalue weighted by atomic mass is 35.5. The van der Waals surface area contributed by atoms with Gasteiger partial charge in [-0.1, -0.05) is 13.0 Å². The highest BCUT2D eigenvalue weighted by Crippen LogP contribution is 2.18. The number of ketones is 1. The fraction of sp³-hybridized carbons (Fsp3) is 0.545. The maximum Gasteiger partial charge on any atom is 0.305 e. The van der Waals surface area contributed by atoms with Crippen LogP contribution in [0.3, 0.4) is 0 Å². The molecule has 2 unspecified atom stereocenters. The number of aliphatic hydroxyl groups excluding tert-OH is 1. The van der Waals surface area contributed by atoms with Gasteiger partial charge in [0, 0.05) is 36.7 Å². The Kier molecular flexibility index (Phi) is 11.8. The van der Waals surface area contributed by atoms with E-state index in [0.29, 0.717) is 24.1 Å². The van der Waals surface area contributed by atoms with E-state index in [2.05, 4.69) is 15.4 Å². The van der Waals surface area contributed by atoms with Crippen molar-refractivity contribution in [2.24, 2.45) is 5.92 Å². The van der Waals surface area contributed by atoms with Crippen LogP contribution in [0.15, 0.2) is 18.2 Å². The van der Waals surface area contributed by atoms with Gasteiger partial charge in [0.1, 0.15) is 0 Å². The molecule has 31 heavy (non-hydrogen) atoms. The van der Waals surface area contributed by atoms with Crippen LogP contribution in [0.25, 0.3) is 0 Å². The van der Waals surface area contributed by atoms with E-state index < -0.39 is 12.0 Å². The molecule has 0 aliphatic carbocycles. The lowest BCUT2D eigenvalue weighted by Crippen LogP contribution is -2.39. The summed E-state index contributed by atoms with van der Waals surface area (Å²) in [5.74, 6) is -1.56.